The molecule has 0 N–H and O–H groups in total. The minimum absolute atomic E-state index is 0.00353. The molecule has 1 amide bonds. The number of carbonyl (C=O) groups excluding carboxylic acids is 1. The van der Waals surface area contributed by atoms with Gasteiger partial charge in [0.05, 0.1) is 16.9 Å². The van der Waals surface area contributed by atoms with Crippen LogP contribution in [0.4, 0.5) is 0 Å². The Labute approximate surface area is 140 Å². The van der Waals surface area contributed by atoms with E-state index in [1.165, 1.54) is 0 Å². The summed E-state index contributed by atoms with van der Waals surface area (Å²) in [5.74, 6) is 1.38. The number of rotatable bonds is 1. The first-order valence-electron chi connectivity index (χ1n) is 9.01. The lowest BCUT2D eigenvalue weighted by Gasteiger charge is -2.47. The van der Waals surface area contributed by atoms with E-state index in [0.717, 1.165) is 38.6 Å². The van der Waals surface area contributed by atoms with Crippen LogP contribution in [0.5, 0.6) is 0 Å². The smallest absolute Gasteiger partial charge is 0.229 e. The highest BCUT2D eigenvalue weighted by Gasteiger charge is 2.56. The summed E-state index contributed by atoms with van der Waals surface area (Å²) < 4.78 is 23.9. The lowest BCUT2D eigenvalue weighted by atomic mass is 9.65. The van der Waals surface area contributed by atoms with Crippen LogP contribution in [-0.2, 0) is 14.6 Å². The third-order valence-electron chi connectivity index (χ3n) is 7.62. The summed E-state index contributed by atoms with van der Waals surface area (Å²) in [7, 11) is -2.91. The van der Waals surface area contributed by atoms with Crippen molar-refractivity contribution >= 4 is 15.7 Å². The molecule has 1 spiro atoms. The summed E-state index contributed by atoms with van der Waals surface area (Å²) in [6, 6.07) is 0. The second kappa shape index (κ2) is 5.21. The molecule has 1 unspecified atom stereocenters. The number of nitrogens with zero attached hydrogens (tertiary/aromatic N) is 1. The van der Waals surface area contributed by atoms with E-state index in [1.807, 2.05) is 4.90 Å². The van der Waals surface area contributed by atoms with Gasteiger partial charge < -0.3 is 4.90 Å². The summed E-state index contributed by atoms with van der Waals surface area (Å²) in [6.07, 6.45) is 4.67. The Bertz CT molecular complexity index is 612. The van der Waals surface area contributed by atoms with Gasteiger partial charge in [-0.3, -0.25) is 4.79 Å². The van der Waals surface area contributed by atoms with E-state index in [1.54, 1.807) is 0 Å². The van der Waals surface area contributed by atoms with Crippen LogP contribution in [0.2, 0.25) is 0 Å². The van der Waals surface area contributed by atoms with Crippen LogP contribution >= 0.6 is 0 Å². The highest BCUT2D eigenvalue weighted by molar-refractivity contribution is 7.91. The van der Waals surface area contributed by atoms with Gasteiger partial charge in [-0.15, -0.1) is 0 Å². The first kappa shape index (κ1) is 17.2. The predicted octanol–water partition coefficient (Wildman–Crippen LogP) is 2.88. The standard InChI is InChI=1S/C18H31NO3S/c1-14-6-8-17(4,16(14,2)3)15(20)19-10-5-7-18(12-19)9-11-23(21,22)13-18/h14H,5-13H2,1-4H3/t14-,17-,18?/m0/s1. The van der Waals surface area contributed by atoms with Gasteiger partial charge in [0.1, 0.15) is 0 Å². The van der Waals surface area contributed by atoms with E-state index in [9.17, 15) is 13.2 Å². The topological polar surface area (TPSA) is 54.5 Å². The van der Waals surface area contributed by atoms with Gasteiger partial charge in [0.2, 0.25) is 5.91 Å². The van der Waals surface area contributed by atoms with Crippen LogP contribution < -0.4 is 0 Å². The fraction of sp³-hybridized carbons (Fsp3) is 0.944. The van der Waals surface area contributed by atoms with Crippen molar-refractivity contribution in [2.24, 2.45) is 22.2 Å². The van der Waals surface area contributed by atoms with Gasteiger partial charge in [-0.25, -0.2) is 8.42 Å². The van der Waals surface area contributed by atoms with Crippen molar-refractivity contribution in [3.05, 3.63) is 0 Å². The zero-order valence-electron chi connectivity index (χ0n) is 15.0. The van der Waals surface area contributed by atoms with Gasteiger partial charge in [0, 0.05) is 18.5 Å². The molecule has 0 aromatic rings. The fourth-order valence-corrected chi connectivity index (χ4v) is 7.35. The van der Waals surface area contributed by atoms with Crippen molar-refractivity contribution in [3.63, 3.8) is 0 Å². The van der Waals surface area contributed by atoms with E-state index in [4.69, 9.17) is 0 Å². The average Bonchev–Trinajstić information content (AvgIpc) is 2.87. The van der Waals surface area contributed by atoms with Gasteiger partial charge in [0.25, 0.3) is 0 Å². The number of carbonyl (C=O) groups is 1. The van der Waals surface area contributed by atoms with Gasteiger partial charge in [0.15, 0.2) is 9.84 Å². The highest BCUT2D eigenvalue weighted by Crippen LogP contribution is 2.57. The third kappa shape index (κ3) is 2.63. The summed E-state index contributed by atoms with van der Waals surface area (Å²) in [4.78, 5) is 15.4. The molecule has 3 aliphatic rings. The van der Waals surface area contributed by atoms with Crippen LogP contribution in [0.3, 0.4) is 0 Å². The second-order valence-corrected chi connectivity index (χ2v) is 11.3. The molecule has 1 aliphatic carbocycles. The SMILES string of the molecule is C[C@H]1CC[C@@](C)(C(=O)N2CCCC3(CCS(=O)(=O)C3)C2)C1(C)C. The number of sulfone groups is 1. The zero-order valence-corrected chi connectivity index (χ0v) is 15.8. The molecule has 23 heavy (non-hydrogen) atoms. The predicted molar refractivity (Wildman–Crippen MR) is 91.8 cm³/mol. The minimum atomic E-state index is -2.91. The maximum Gasteiger partial charge on any atom is 0.229 e. The van der Waals surface area contributed by atoms with Crippen molar-refractivity contribution in [1.29, 1.82) is 0 Å². The summed E-state index contributed by atoms with van der Waals surface area (Å²) >= 11 is 0. The number of hydrogen-bond acceptors (Lipinski definition) is 3. The molecule has 5 heteroatoms. The van der Waals surface area contributed by atoms with Crippen molar-refractivity contribution in [2.75, 3.05) is 24.6 Å². The first-order chi connectivity index (χ1) is 10.5. The van der Waals surface area contributed by atoms with Crippen molar-refractivity contribution in [2.45, 2.75) is 59.8 Å². The third-order valence-corrected chi connectivity index (χ3v) is 9.50. The molecule has 0 aromatic heterocycles. The molecular formula is C18H31NO3S. The number of hydrogen-bond donors (Lipinski definition) is 0. The largest absolute Gasteiger partial charge is 0.342 e. The van der Waals surface area contributed by atoms with Crippen molar-refractivity contribution in [1.82, 2.24) is 4.90 Å². The average molecular weight is 342 g/mol. The highest BCUT2D eigenvalue weighted by atomic mass is 32.2. The number of amides is 1. The molecule has 0 bridgehead atoms. The Balaban J connectivity index is 1.81. The van der Waals surface area contributed by atoms with E-state index in [-0.39, 0.29) is 27.9 Å². The number of piperidine rings is 1. The van der Waals surface area contributed by atoms with Crippen LogP contribution in [0, 0.1) is 22.2 Å². The Morgan fingerprint density at radius 1 is 1.13 bits per heavy atom. The molecule has 1 saturated carbocycles. The molecule has 0 aromatic carbocycles. The maximum absolute atomic E-state index is 13.4. The Hall–Kier alpha value is -0.580. The lowest BCUT2D eigenvalue weighted by Crippen LogP contribution is -2.54. The van der Waals surface area contributed by atoms with Crippen molar-refractivity contribution in [3.8, 4) is 0 Å². The quantitative estimate of drug-likeness (QED) is 0.737. The van der Waals surface area contributed by atoms with E-state index in [2.05, 4.69) is 27.7 Å². The Morgan fingerprint density at radius 3 is 2.35 bits per heavy atom. The maximum atomic E-state index is 13.4. The lowest BCUT2D eigenvalue weighted by molar-refractivity contribution is -0.150. The van der Waals surface area contributed by atoms with Gasteiger partial charge in [-0.2, -0.15) is 0 Å². The Morgan fingerprint density at radius 2 is 1.83 bits per heavy atom. The van der Waals surface area contributed by atoms with Crippen LogP contribution in [0.15, 0.2) is 0 Å². The monoisotopic (exact) mass is 341 g/mol. The van der Waals surface area contributed by atoms with Gasteiger partial charge in [-0.05, 0) is 43.4 Å². The minimum Gasteiger partial charge on any atom is -0.342 e. The van der Waals surface area contributed by atoms with Crippen molar-refractivity contribution < 1.29 is 13.2 Å². The molecule has 3 fully saturated rings. The second-order valence-electron chi connectivity index (χ2n) is 9.17. The Kier molecular flexibility index (Phi) is 3.90. The zero-order chi connectivity index (χ0) is 17.1. The summed E-state index contributed by atoms with van der Waals surface area (Å²) in [5.41, 5.74) is -0.490. The van der Waals surface area contributed by atoms with Crippen LogP contribution in [0.25, 0.3) is 0 Å². The van der Waals surface area contributed by atoms with E-state index < -0.39 is 9.84 Å². The molecule has 0 radical (unpaired) electrons. The first-order valence-corrected chi connectivity index (χ1v) is 10.8. The van der Waals surface area contributed by atoms with E-state index in [0.29, 0.717) is 18.2 Å². The summed E-state index contributed by atoms with van der Waals surface area (Å²) in [5, 5.41) is 0. The molecule has 3 rings (SSSR count). The molecule has 4 nitrogen and oxygen atoms in total. The van der Waals surface area contributed by atoms with E-state index >= 15 is 0 Å². The molecule has 132 valence electrons. The molecular weight excluding hydrogens is 310 g/mol. The van der Waals surface area contributed by atoms with Gasteiger partial charge in [-0.1, -0.05) is 27.7 Å². The molecule has 2 aliphatic heterocycles. The van der Waals surface area contributed by atoms with Crippen LogP contribution in [-0.4, -0.2) is 43.8 Å². The number of likely N-dealkylation sites (tertiary alicyclic amines) is 1. The molecule has 2 saturated heterocycles. The van der Waals surface area contributed by atoms with Gasteiger partial charge >= 0.3 is 0 Å². The normalized spacial score (nSPS) is 42.3. The summed E-state index contributed by atoms with van der Waals surface area (Å²) in [6.45, 7) is 10.3. The fourth-order valence-electron chi connectivity index (χ4n) is 5.15. The molecule has 2 heterocycles. The van der Waals surface area contributed by atoms with Crippen LogP contribution in [0.1, 0.15) is 59.8 Å². The molecule has 3 atom stereocenters.